The molecule has 0 unspecified atom stereocenters. The Bertz CT molecular complexity index is 2080. The highest BCUT2D eigenvalue weighted by Gasteiger charge is 3.01. The zero-order chi connectivity index (χ0) is 51.7. The van der Waals surface area contributed by atoms with Crippen LogP contribution in [-0.4, -0.2) is 108 Å². The number of aliphatic imine (C=N–C) groups is 2. The minimum Gasteiger partial charge on any atom is -0.445 e. The lowest BCUT2D eigenvalue weighted by atomic mass is 9.82. The molecule has 0 aliphatic rings. The van der Waals surface area contributed by atoms with Crippen molar-refractivity contribution in [1.29, 1.82) is 0 Å². The average Bonchev–Trinajstić information content (AvgIpc) is 3.10. The normalized spacial score (nSPS) is 15.0. The molecule has 1 aromatic rings. The third kappa shape index (κ3) is 7.50. The van der Waals surface area contributed by atoms with E-state index in [0.717, 1.165) is 5.32 Å². The molecule has 0 spiro atoms. The minimum atomic E-state index is -10.1. The van der Waals surface area contributed by atoms with Crippen LogP contribution in [0, 0.1) is 6.92 Å². The van der Waals surface area contributed by atoms with Crippen LogP contribution in [0.25, 0.3) is 0 Å². The maximum absolute atomic E-state index is 15.7. The van der Waals surface area contributed by atoms with Gasteiger partial charge < -0.3 is 10.1 Å². The van der Waals surface area contributed by atoms with Crippen molar-refractivity contribution >= 4 is 35.4 Å². The first-order chi connectivity index (χ1) is 27.9. The van der Waals surface area contributed by atoms with Gasteiger partial charge >= 0.3 is 89.1 Å². The molecule has 0 atom stereocenters. The summed E-state index contributed by atoms with van der Waals surface area (Å²) in [5.74, 6) is -128. The van der Waals surface area contributed by atoms with Crippen LogP contribution in [0.1, 0.15) is 28.4 Å². The summed E-state index contributed by atoms with van der Waals surface area (Å²) in [6.45, 7) is -0.984. The Hall–Kier alpha value is -5.11. The van der Waals surface area contributed by atoms with E-state index >= 15 is 17.6 Å². The Morgan fingerprint density at radius 3 is 1.09 bits per heavy atom. The standard InChI is InChI=1S/C27H10F29N3O5/c1-7-3-9(57-4-60)10(13(63)59-6-64-8(2)62)11(12(7)58-5-61)14(28,29)15(30,31)16(32,33)17(34,35)18(36,37)19(38,39)20(40,41)21(42,43)22(44,45)23(46,47)24(48,49)25(50,51)26(52,53)27(54,55)56/h3H,6H2,1-2H3,(H,59,63). The van der Waals surface area contributed by atoms with Crippen LogP contribution < -0.4 is 5.32 Å². The van der Waals surface area contributed by atoms with Gasteiger partial charge in [0.25, 0.3) is 5.91 Å². The van der Waals surface area contributed by atoms with Crippen molar-refractivity contribution in [3.05, 3.63) is 22.8 Å². The summed E-state index contributed by atoms with van der Waals surface area (Å²) < 4.78 is 412. The van der Waals surface area contributed by atoms with Crippen LogP contribution in [0.2, 0.25) is 0 Å². The number of esters is 1. The highest BCUT2D eigenvalue weighted by Crippen LogP contribution is 2.69. The first-order valence-electron chi connectivity index (χ1n) is 14.6. The Morgan fingerprint density at radius 2 is 0.812 bits per heavy atom. The lowest BCUT2D eigenvalue weighted by Gasteiger charge is -2.46. The van der Waals surface area contributed by atoms with Crippen LogP contribution in [0.15, 0.2) is 16.1 Å². The van der Waals surface area contributed by atoms with Crippen molar-refractivity contribution in [2.75, 3.05) is 6.73 Å². The second-order valence-corrected chi connectivity index (χ2v) is 12.0. The number of isocyanates is 2. The number of rotatable bonds is 18. The molecule has 1 amide bonds. The first kappa shape index (κ1) is 56.9. The molecule has 0 bridgehead atoms. The number of nitrogens with zero attached hydrogens (tertiary/aromatic N) is 2. The molecule has 0 aromatic heterocycles. The highest BCUT2D eigenvalue weighted by molar-refractivity contribution is 6.03. The number of hydrogen-bond donors (Lipinski definition) is 1. The van der Waals surface area contributed by atoms with Gasteiger partial charge in [-0.25, -0.2) is 9.59 Å². The number of carbonyl (C=O) groups excluding carboxylic acids is 4. The number of alkyl halides is 29. The van der Waals surface area contributed by atoms with Gasteiger partial charge in [0.1, 0.15) is 0 Å². The van der Waals surface area contributed by atoms with Crippen molar-refractivity contribution in [1.82, 2.24) is 5.32 Å². The summed E-state index contributed by atoms with van der Waals surface area (Å²) in [4.78, 5) is 49.9. The predicted octanol–water partition coefficient (Wildman–Crippen LogP) is 10.5. The van der Waals surface area contributed by atoms with Crippen LogP contribution in [0.4, 0.5) is 139 Å². The third-order valence-electron chi connectivity index (χ3n) is 7.93. The van der Waals surface area contributed by atoms with Gasteiger partial charge in [0.15, 0.2) is 6.73 Å². The largest absolute Gasteiger partial charge is 0.460 e. The molecule has 0 saturated carbocycles. The molecular weight excluding hydrogens is 997 g/mol. The van der Waals surface area contributed by atoms with E-state index < -0.39 is 130 Å². The molecule has 0 aliphatic heterocycles. The number of aryl methyl sites for hydroxylation is 1. The van der Waals surface area contributed by atoms with Gasteiger partial charge in [0, 0.05) is 6.92 Å². The van der Waals surface area contributed by atoms with Crippen LogP contribution in [0.5, 0.6) is 0 Å². The van der Waals surface area contributed by atoms with E-state index in [1.165, 1.54) is 0 Å². The lowest BCUT2D eigenvalue weighted by Crippen LogP contribution is -2.79. The highest BCUT2D eigenvalue weighted by atomic mass is 19.4. The Morgan fingerprint density at radius 1 is 0.516 bits per heavy atom. The number of hydrogen-bond acceptors (Lipinski definition) is 7. The Kier molecular flexibility index (Phi) is 14.3. The number of amides is 1. The van der Waals surface area contributed by atoms with Crippen molar-refractivity contribution in [2.24, 2.45) is 9.98 Å². The average molecular weight is 1010 g/mol. The molecule has 1 rings (SSSR count). The summed E-state index contributed by atoms with van der Waals surface area (Å²) >= 11 is 0. The van der Waals surface area contributed by atoms with Gasteiger partial charge in [-0.3, -0.25) is 9.59 Å². The van der Waals surface area contributed by atoms with Gasteiger partial charge in [-0.05, 0) is 18.6 Å². The second kappa shape index (κ2) is 16.1. The van der Waals surface area contributed by atoms with E-state index in [9.17, 15) is 129 Å². The summed E-state index contributed by atoms with van der Waals surface area (Å²) in [7, 11) is 0. The molecule has 64 heavy (non-hydrogen) atoms. The smallest absolute Gasteiger partial charge is 0.445 e. The molecule has 0 heterocycles. The van der Waals surface area contributed by atoms with Gasteiger partial charge in [-0.2, -0.15) is 137 Å². The third-order valence-corrected chi connectivity index (χ3v) is 7.93. The molecule has 0 aliphatic carbocycles. The maximum Gasteiger partial charge on any atom is 0.460 e. The molecule has 1 aromatic carbocycles. The second-order valence-electron chi connectivity index (χ2n) is 12.0. The van der Waals surface area contributed by atoms with Crippen LogP contribution in [-0.2, 0) is 25.0 Å². The van der Waals surface area contributed by atoms with Crippen molar-refractivity contribution in [2.45, 2.75) is 97.0 Å². The summed E-state index contributed by atoms with van der Waals surface area (Å²) in [5.41, 5.74) is -12.1. The fraction of sp³-hybridized carbons (Fsp3) is 0.630. The number of halogens is 29. The maximum atomic E-state index is 15.7. The molecular formula is C27H10F29N3O5. The number of benzene rings is 1. The van der Waals surface area contributed by atoms with E-state index in [-0.39, 0.29) is 19.1 Å². The zero-order valence-corrected chi connectivity index (χ0v) is 29.2. The van der Waals surface area contributed by atoms with E-state index in [1.807, 2.05) is 0 Å². The van der Waals surface area contributed by atoms with E-state index in [0.29, 0.717) is 13.0 Å². The number of nitrogens with one attached hydrogen (secondary N) is 1. The van der Waals surface area contributed by atoms with Crippen molar-refractivity contribution in [3.8, 4) is 0 Å². The first-order valence-corrected chi connectivity index (χ1v) is 14.6. The molecule has 0 fully saturated rings. The minimum absolute atomic E-state index is 0.0264. The molecule has 0 radical (unpaired) electrons. The predicted molar refractivity (Wildman–Crippen MR) is 140 cm³/mol. The number of carbonyl (C=O) groups is 2. The quantitative estimate of drug-likeness (QED) is 0.0517. The lowest BCUT2D eigenvalue weighted by molar-refractivity contribution is -0.487. The van der Waals surface area contributed by atoms with Gasteiger partial charge in [0.2, 0.25) is 12.2 Å². The fourth-order valence-electron chi connectivity index (χ4n) is 4.45. The van der Waals surface area contributed by atoms with Crippen LogP contribution in [0.3, 0.4) is 0 Å². The Balaban J connectivity index is 4.34. The van der Waals surface area contributed by atoms with Gasteiger partial charge in [-0.1, -0.05) is 0 Å². The zero-order valence-electron chi connectivity index (χ0n) is 29.2. The fourth-order valence-corrected chi connectivity index (χ4v) is 4.45. The summed E-state index contributed by atoms with van der Waals surface area (Å²) in [6.07, 6.45) is -7.88. The van der Waals surface area contributed by atoms with Crippen molar-refractivity contribution < 1.29 is 151 Å². The molecule has 37 heteroatoms. The van der Waals surface area contributed by atoms with E-state index in [2.05, 4.69) is 14.7 Å². The summed E-state index contributed by atoms with van der Waals surface area (Å²) in [5, 5.41) is 1.09. The SMILES string of the molecule is CC(=O)OCNC(=O)c1c(N=C=O)cc(C)c(N=C=O)c1C(F)(F)C(F)(F)C(F)(F)C(F)(F)C(F)(F)C(F)(F)C(F)(F)C(F)(F)C(F)(F)C(F)(F)C(F)(F)C(F)(F)C(F)(F)C(F)(F)F. The molecule has 366 valence electrons. The van der Waals surface area contributed by atoms with E-state index in [4.69, 9.17) is 0 Å². The van der Waals surface area contributed by atoms with Crippen LogP contribution >= 0.6 is 0 Å². The number of ether oxygens (including phenoxy) is 1. The van der Waals surface area contributed by atoms with Gasteiger partial charge in [0.05, 0.1) is 22.5 Å². The molecule has 8 nitrogen and oxygen atoms in total. The van der Waals surface area contributed by atoms with E-state index in [1.54, 1.807) is 0 Å². The van der Waals surface area contributed by atoms with Crippen molar-refractivity contribution in [3.63, 3.8) is 0 Å². The Labute approximate surface area is 329 Å². The molecule has 0 saturated heterocycles. The molecule has 1 N–H and O–H groups in total. The summed E-state index contributed by atoms with van der Waals surface area (Å²) in [6, 6.07) is -0.0264. The monoisotopic (exact) mass is 1010 g/mol. The van der Waals surface area contributed by atoms with Gasteiger partial charge in [-0.15, -0.1) is 0 Å². The topological polar surface area (TPSA) is 114 Å².